The second-order valence-electron chi connectivity index (χ2n) is 4.87. The van der Waals surface area contributed by atoms with Gasteiger partial charge in [0, 0.05) is 18.2 Å². The minimum atomic E-state index is 0.608. The lowest BCUT2D eigenvalue weighted by atomic mass is 9.99. The first-order chi connectivity index (χ1) is 7.65. The molecule has 4 nitrogen and oxygen atoms in total. The molecule has 16 heavy (non-hydrogen) atoms. The molecule has 1 aromatic rings. The van der Waals surface area contributed by atoms with E-state index in [2.05, 4.69) is 29.3 Å². The van der Waals surface area contributed by atoms with Crippen molar-refractivity contribution in [2.24, 2.45) is 0 Å². The molecule has 90 valence electrons. The van der Waals surface area contributed by atoms with Crippen LogP contribution in [0.1, 0.15) is 31.2 Å². The Kier molecular flexibility index (Phi) is 3.61. The van der Waals surface area contributed by atoms with Crippen LogP contribution in [0.4, 0.5) is 0 Å². The molecule has 1 aliphatic heterocycles. The summed E-state index contributed by atoms with van der Waals surface area (Å²) in [5.41, 5.74) is 0.952. The highest BCUT2D eigenvalue weighted by Gasteiger charge is 2.22. The van der Waals surface area contributed by atoms with Gasteiger partial charge in [-0.25, -0.2) is 0 Å². The fourth-order valence-electron chi connectivity index (χ4n) is 2.22. The highest BCUT2D eigenvalue weighted by molar-refractivity contribution is 5.02. The van der Waals surface area contributed by atoms with Gasteiger partial charge in [0.05, 0.1) is 12.2 Å². The van der Waals surface area contributed by atoms with Gasteiger partial charge in [-0.1, -0.05) is 5.16 Å². The average molecular weight is 223 g/mol. The maximum atomic E-state index is 5.18. The standard InChI is InChI=1S/C12H21N3O/c1-9-6-12(16-14-9)8-13-11-4-5-15(3)10(2)7-11/h6,10-11,13H,4-5,7-8H2,1-3H3. The topological polar surface area (TPSA) is 41.3 Å². The van der Waals surface area contributed by atoms with Crippen molar-refractivity contribution in [2.75, 3.05) is 13.6 Å². The molecule has 1 aromatic heterocycles. The molecule has 2 heterocycles. The summed E-state index contributed by atoms with van der Waals surface area (Å²) in [6.45, 7) is 6.20. The van der Waals surface area contributed by atoms with E-state index in [4.69, 9.17) is 4.52 Å². The number of nitrogens with zero attached hydrogens (tertiary/aromatic N) is 2. The zero-order chi connectivity index (χ0) is 11.5. The number of hydrogen-bond acceptors (Lipinski definition) is 4. The van der Waals surface area contributed by atoms with Crippen LogP contribution in [-0.4, -0.2) is 35.7 Å². The summed E-state index contributed by atoms with van der Waals surface area (Å²) < 4.78 is 5.18. The van der Waals surface area contributed by atoms with Crippen molar-refractivity contribution >= 4 is 0 Å². The average Bonchev–Trinajstić information content (AvgIpc) is 2.66. The highest BCUT2D eigenvalue weighted by atomic mass is 16.5. The van der Waals surface area contributed by atoms with Gasteiger partial charge >= 0.3 is 0 Å². The third-order valence-corrected chi connectivity index (χ3v) is 3.45. The smallest absolute Gasteiger partial charge is 0.150 e. The lowest BCUT2D eigenvalue weighted by Gasteiger charge is -2.35. The molecule has 0 aromatic carbocycles. The van der Waals surface area contributed by atoms with Crippen molar-refractivity contribution in [1.29, 1.82) is 0 Å². The van der Waals surface area contributed by atoms with Crippen molar-refractivity contribution in [3.8, 4) is 0 Å². The molecule has 1 fully saturated rings. The van der Waals surface area contributed by atoms with Crippen LogP contribution >= 0.6 is 0 Å². The fraction of sp³-hybridized carbons (Fsp3) is 0.750. The minimum absolute atomic E-state index is 0.608. The third kappa shape index (κ3) is 2.83. The predicted octanol–water partition coefficient (Wildman–Crippen LogP) is 1.56. The summed E-state index contributed by atoms with van der Waals surface area (Å²) in [5, 5.41) is 7.43. The monoisotopic (exact) mass is 223 g/mol. The van der Waals surface area contributed by atoms with Gasteiger partial charge in [-0.15, -0.1) is 0 Å². The molecular weight excluding hydrogens is 202 g/mol. The van der Waals surface area contributed by atoms with E-state index >= 15 is 0 Å². The molecule has 1 aliphatic rings. The van der Waals surface area contributed by atoms with Gasteiger partial charge in [-0.2, -0.15) is 0 Å². The zero-order valence-corrected chi connectivity index (χ0v) is 10.4. The SMILES string of the molecule is Cc1cc(CNC2CCN(C)C(C)C2)on1. The van der Waals surface area contributed by atoms with Gasteiger partial charge in [-0.3, -0.25) is 0 Å². The summed E-state index contributed by atoms with van der Waals surface area (Å²) in [6.07, 6.45) is 2.43. The number of nitrogens with one attached hydrogen (secondary N) is 1. The van der Waals surface area contributed by atoms with Crippen LogP contribution in [-0.2, 0) is 6.54 Å². The van der Waals surface area contributed by atoms with Crippen LogP contribution in [0.15, 0.2) is 10.6 Å². The second-order valence-corrected chi connectivity index (χ2v) is 4.87. The highest BCUT2D eigenvalue weighted by Crippen LogP contribution is 2.15. The van der Waals surface area contributed by atoms with Crippen LogP contribution in [0.25, 0.3) is 0 Å². The van der Waals surface area contributed by atoms with E-state index < -0.39 is 0 Å². The van der Waals surface area contributed by atoms with Crippen LogP contribution in [0, 0.1) is 6.92 Å². The van der Waals surface area contributed by atoms with Gasteiger partial charge < -0.3 is 14.7 Å². The molecule has 0 saturated carbocycles. The minimum Gasteiger partial charge on any atom is -0.360 e. The van der Waals surface area contributed by atoms with Crippen molar-refractivity contribution in [3.05, 3.63) is 17.5 Å². The van der Waals surface area contributed by atoms with Crippen molar-refractivity contribution in [2.45, 2.75) is 45.3 Å². The first kappa shape index (κ1) is 11.6. The summed E-state index contributed by atoms with van der Waals surface area (Å²) >= 11 is 0. The quantitative estimate of drug-likeness (QED) is 0.844. The van der Waals surface area contributed by atoms with E-state index in [0.717, 1.165) is 18.0 Å². The fourth-order valence-corrected chi connectivity index (χ4v) is 2.22. The Hall–Kier alpha value is -0.870. The molecule has 0 bridgehead atoms. The molecule has 2 rings (SSSR count). The van der Waals surface area contributed by atoms with E-state index in [1.165, 1.54) is 19.4 Å². The van der Waals surface area contributed by atoms with Crippen molar-refractivity contribution in [3.63, 3.8) is 0 Å². The lowest BCUT2D eigenvalue weighted by molar-refractivity contribution is 0.166. The van der Waals surface area contributed by atoms with Crippen molar-refractivity contribution in [1.82, 2.24) is 15.4 Å². The molecule has 0 radical (unpaired) electrons. The largest absolute Gasteiger partial charge is 0.360 e. The van der Waals surface area contributed by atoms with E-state index in [1.54, 1.807) is 0 Å². The summed E-state index contributed by atoms with van der Waals surface area (Å²) in [6, 6.07) is 3.27. The molecule has 0 aliphatic carbocycles. The molecule has 0 amide bonds. The Morgan fingerprint density at radius 1 is 1.62 bits per heavy atom. The Labute approximate surface area is 97.0 Å². The second kappa shape index (κ2) is 4.97. The van der Waals surface area contributed by atoms with Gasteiger partial charge in [0.2, 0.25) is 0 Å². The number of hydrogen-bond donors (Lipinski definition) is 1. The summed E-state index contributed by atoms with van der Waals surface area (Å²) in [7, 11) is 2.20. The summed E-state index contributed by atoms with van der Waals surface area (Å²) in [5.74, 6) is 0.934. The number of piperidine rings is 1. The molecule has 0 spiro atoms. The molecule has 2 unspecified atom stereocenters. The normalized spacial score (nSPS) is 27.2. The third-order valence-electron chi connectivity index (χ3n) is 3.45. The predicted molar refractivity (Wildman–Crippen MR) is 63.2 cm³/mol. The Morgan fingerprint density at radius 3 is 3.06 bits per heavy atom. The van der Waals surface area contributed by atoms with Crippen LogP contribution in [0.3, 0.4) is 0 Å². The van der Waals surface area contributed by atoms with E-state index in [0.29, 0.717) is 12.1 Å². The number of aryl methyl sites for hydroxylation is 1. The Bertz CT molecular complexity index is 337. The maximum Gasteiger partial charge on any atom is 0.150 e. The van der Waals surface area contributed by atoms with Crippen LogP contribution < -0.4 is 5.32 Å². The van der Waals surface area contributed by atoms with Crippen molar-refractivity contribution < 1.29 is 4.52 Å². The first-order valence-corrected chi connectivity index (χ1v) is 6.01. The molecule has 4 heteroatoms. The Balaban J connectivity index is 1.78. The van der Waals surface area contributed by atoms with Gasteiger partial charge in [0.15, 0.2) is 5.76 Å². The summed E-state index contributed by atoms with van der Waals surface area (Å²) in [4.78, 5) is 2.41. The lowest BCUT2D eigenvalue weighted by Crippen LogP contribution is -2.45. The van der Waals surface area contributed by atoms with E-state index in [9.17, 15) is 0 Å². The Morgan fingerprint density at radius 2 is 2.44 bits per heavy atom. The number of likely N-dealkylation sites (tertiary alicyclic amines) is 1. The van der Waals surface area contributed by atoms with Crippen LogP contribution in [0.5, 0.6) is 0 Å². The molecule has 1 saturated heterocycles. The molecule has 2 atom stereocenters. The van der Waals surface area contributed by atoms with E-state index in [-0.39, 0.29) is 0 Å². The van der Waals surface area contributed by atoms with Gasteiger partial charge in [-0.05, 0) is 40.3 Å². The van der Waals surface area contributed by atoms with Gasteiger partial charge in [0.25, 0.3) is 0 Å². The first-order valence-electron chi connectivity index (χ1n) is 6.01. The maximum absolute atomic E-state index is 5.18. The van der Waals surface area contributed by atoms with Crippen LogP contribution in [0.2, 0.25) is 0 Å². The number of rotatable bonds is 3. The zero-order valence-electron chi connectivity index (χ0n) is 10.4. The van der Waals surface area contributed by atoms with E-state index in [1.807, 2.05) is 13.0 Å². The number of aromatic nitrogens is 1. The molecule has 1 N–H and O–H groups in total. The van der Waals surface area contributed by atoms with Gasteiger partial charge in [0.1, 0.15) is 0 Å². The molecular formula is C12H21N3O.